The second kappa shape index (κ2) is 6.67. The summed E-state index contributed by atoms with van der Waals surface area (Å²) in [5, 5.41) is 0.600. The van der Waals surface area contributed by atoms with Gasteiger partial charge in [-0.1, -0.05) is 48.0 Å². The first-order valence-electron chi connectivity index (χ1n) is 8.53. The van der Waals surface area contributed by atoms with E-state index in [9.17, 15) is 0 Å². The van der Waals surface area contributed by atoms with Gasteiger partial charge in [-0.25, -0.2) is 0 Å². The zero-order valence-electron chi connectivity index (χ0n) is 15.4. The van der Waals surface area contributed by atoms with Crippen LogP contribution in [-0.4, -0.2) is 18.3 Å². The molecule has 0 atom stereocenters. The minimum atomic E-state index is -0.425. The molecule has 2 aromatic rings. The zero-order chi connectivity index (χ0) is 18.2. The van der Waals surface area contributed by atoms with Gasteiger partial charge in [-0.05, 0) is 57.3 Å². The molecule has 0 aliphatic carbocycles. The van der Waals surface area contributed by atoms with E-state index in [2.05, 4.69) is 0 Å². The predicted molar refractivity (Wildman–Crippen MR) is 103 cm³/mol. The molecule has 3 rings (SSSR count). The van der Waals surface area contributed by atoms with Crippen molar-refractivity contribution >= 4 is 24.2 Å². The highest BCUT2D eigenvalue weighted by Crippen LogP contribution is 2.37. The molecule has 0 bridgehead atoms. The fourth-order valence-electron chi connectivity index (χ4n) is 2.75. The molecule has 1 aliphatic rings. The van der Waals surface area contributed by atoms with Crippen LogP contribution < -0.4 is 10.2 Å². The average molecular weight is 359 g/mol. The van der Waals surface area contributed by atoms with Gasteiger partial charge in [-0.2, -0.15) is 0 Å². The van der Waals surface area contributed by atoms with Gasteiger partial charge < -0.3 is 14.0 Å². The summed E-state index contributed by atoms with van der Waals surface area (Å²) in [7, 11) is -0.425. The molecular weight excluding hydrogens is 334 g/mol. The number of hydrogen-bond acceptors (Lipinski definition) is 3. The van der Waals surface area contributed by atoms with Gasteiger partial charge in [0.05, 0.1) is 16.2 Å². The lowest BCUT2D eigenvalue weighted by Crippen LogP contribution is -2.41. The minimum absolute atomic E-state index is 0.376. The first-order valence-corrected chi connectivity index (χ1v) is 8.90. The maximum absolute atomic E-state index is 6.55. The topological polar surface area (TPSA) is 27.7 Å². The average Bonchev–Trinajstić information content (AvgIpc) is 2.77. The van der Waals surface area contributed by atoms with Crippen molar-refractivity contribution < 1.29 is 14.0 Å². The summed E-state index contributed by atoms with van der Waals surface area (Å²) in [6, 6.07) is 13.9. The maximum atomic E-state index is 6.55. The molecule has 0 radical (unpaired) electrons. The molecule has 25 heavy (non-hydrogen) atoms. The van der Waals surface area contributed by atoms with Gasteiger partial charge in [0.2, 0.25) is 0 Å². The first-order chi connectivity index (χ1) is 11.7. The monoisotopic (exact) mass is 358 g/mol. The van der Waals surface area contributed by atoms with Crippen molar-refractivity contribution in [3.63, 3.8) is 0 Å². The Bertz CT molecular complexity index is 743. The van der Waals surface area contributed by atoms with E-state index in [1.807, 2.05) is 77.1 Å². The van der Waals surface area contributed by atoms with Crippen LogP contribution in [0.25, 0.3) is 0 Å². The van der Waals surface area contributed by atoms with E-state index in [0.717, 1.165) is 16.6 Å². The molecule has 1 aliphatic heterocycles. The SMILES string of the molecule is Cc1c(B2OC(C)(C)C(C)(C)O2)ccc(OCc2ccccc2)c1Cl. The quantitative estimate of drug-likeness (QED) is 0.752. The third-order valence-electron chi connectivity index (χ3n) is 5.14. The van der Waals surface area contributed by atoms with E-state index >= 15 is 0 Å². The second-order valence-electron chi connectivity index (χ2n) is 7.45. The Balaban J connectivity index is 1.79. The summed E-state index contributed by atoms with van der Waals surface area (Å²) >= 11 is 6.55. The largest absolute Gasteiger partial charge is 0.495 e. The Hall–Kier alpha value is -1.49. The van der Waals surface area contributed by atoms with Gasteiger partial charge in [-0.3, -0.25) is 0 Å². The molecule has 3 nitrogen and oxygen atoms in total. The molecule has 132 valence electrons. The number of rotatable bonds is 4. The van der Waals surface area contributed by atoms with Crippen LogP contribution in [0.3, 0.4) is 0 Å². The van der Waals surface area contributed by atoms with Crippen LogP contribution >= 0.6 is 11.6 Å². The normalized spacial score (nSPS) is 18.4. The van der Waals surface area contributed by atoms with Gasteiger partial charge in [0.25, 0.3) is 0 Å². The molecule has 1 fully saturated rings. The van der Waals surface area contributed by atoms with Gasteiger partial charge in [0, 0.05) is 0 Å². The van der Waals surface area contributed by atoms with E-state index in [1.165, 1.54) is 0 Å². The standard InChI is InChI=1S/C20H24BClO3/c1-14-16(21-24-19(2,3)20(4,5)25-21)11-12-17(18(14)22)23-13-15-9-7-6-8-10-15/h6-12H,13H2,1-5H3. The smallest absolute Gasteiger partial charge is 0.487 e. The molecule has 0 aromatic heterocycles. The molecule has 1 saturated heterocycles. The van der Waals surface area contributed by atoms with Crippen LogP contribution in [0.15, 0.2) is 42.5 Å². The summed E-state index contributed by atoms with van der Waals surface area (Å²) in [4.78, 5) is 0. The van der Waals surface area contributed by atoms with E-state index in [0.29, 0.717) is 17.4 Å². The Morgan fingerprint density at radius 2 is 1.56 bits per heavy atom. The van der Waals surface area contributed by atoms with Crippen molar-refractivity contribution in [1.29, 1.82) is 0 Å². The summed E-state index contributed by atoms with van der Waals surface area (Å²) in [5.74, 6) is 0.670. The number of halogens is 1. The highest BCUT2D eigenvalue weighted by Gasteiger charge is 2.52. The molecule has 0 amide bonds. The van der Waals surface area contributed by atoms with Crippen LogP contribution in [0.2, 0.25) is 5.02 Å². The van der Waals surface area contributed by atoms with Crippen molar-refractivity contribution in [3.05, 3.63) is 58.6 Å². The van der Waals surface area contributed by atoms with Gasteiger partial charge in [-0.15, -0.1) is 0 Å². The Morgan fingerprint density at radius 3 is 2.16 bits per heavy atom. The minimum Gasteiger partial charge on any atom is -0.487 e. The van der Waals surface area contributed by atoms with Crippen molar-refractivity contribution in [2.75, 3.05) is 0 Å². The third kappa shape index (κ3) is 3.57. The molecule has 0 N–H and O–H groups in total. The Kier molecular flexibility index (Phi) is 4.89. The van der Waals surface area contributed by atoms with Crippen molar-refractivity contribution in [2.45, 2.75) is 52.4 Å². The van der Waals surface area contributed by atoms with Crippen LogP contribution in [0, 0.1) is 6.92 Å². The fourth-order valence-corrected chi connectivity index (χ4v) is 2.97. The predicted octanol–water partition coefficient (Wildman–Crippen LogP) is 4.53. The summed E-state index contributed by atoms with van der Waals surface area (Å²) in [6.45, 7) is 10.6. The summed E-state index contributed by atoms with van der Waals surface area (Å²) < 4.78 is 18.2. The number of ether oxygens (including phenoxy) is 1. The highest BCUT2D eigenvalue weighted by atomic mass is 35.5. The molecular formula is C20H24BClO3. The van der Waals surface area contributed by atoms with E-state index in [-0.39, 0.29) is 11.2 Å². The number of hydrogen-bond donors (Lipinski definition) is 0. The molecule has 2 aromatic carbocycles. The van der Waals surface area contributed by atoms with Crippen LogP contribution in [-0.2, 0) is 15.9 Å². The third-order valence-corrected chi connectivity index (χ3v) is 5.61. The molecule has 0 saturated carbocycles. The maximum Gasteiger partial charge on any atom is 0.495 e. The van der Waals surface area contributed by atoms with Crippen LogP contribution in [0.4, 0.5) is 0 Å². The van der Waals surface area contributed by atoms with Gasteiger partial charge >= 0.3 is 7.12 Å². The van der Waals surface area contributed by atoms with Gasteiger partial charge in [0.1, 0.15) is 12.4 Å². The lowest BCUT2D eigenvalue weighted by Gasteiger charge is -2.32. The first kappa shape index (κ1) is 18.3. The van der Waals surface area contributed by atoms with Crippen molar-refractivity contribution in [3.8, 4) is 5.75 Å². The van der Waals surface area contributed by atoms with Crippen molar-refractivity contribution in [2.24, 2.45) is 0 Å². The van der Waals surface area contributed by atoms with Crippen LogP contribution in [0.1, 0.15) is 38.8 Å². The Labute approximate surface area is 155 Å². The summed E-state index contributed by atoms with van der Waals surface area (Å²) in [5.41, 5.74) is 2.21. The summed E-state index contributed by atoms with van der Waals surface area (Å²) in [6.07, 6.45) is 0. The Morgan fingerprint density at radius 1 is 0.960 bits per heavy atom. The zero-order valence-corrected chi connectivity index (χ0v) is 16.2. The van der Waals surface area contributed by atoms with E-state index < -0.39 is 7.12 Å². The molecule has 5 heteroatoms. The molecule has 1 heterocycles. The van der Waals surface area contributed by atoms with Gasteiger partial charge in [0.15, 0.2) is 0 Å². The second-order valence-corrected chi connectivity index (χ2v) is 7.83. The number of benzene rings is 2. The molecule has 0 spiro atoms. The van der Waals surface area contributed by atoms with Crippen LogP contribution in [0.5, 0.6) is 5.75 Å². The lowest BCUT2D eigenvalue weighted by molar-refractivity contribution is 0.00578. The van der Waals surface area contributed by atoms with Crippen molar-refractivity contribution in [1.82, 2.24) is 0 Å². The lowest BCUT2D eigenvalue weighted by atomic mass is 9.76. The highest BCUT2D eigenvalue weighted by molar-refractivity contribution is 6.63. The fraction of sp³-hybridized carbons (Fsp3) is 0.400. The molecule has 0 unspecified atom stereocenters. The van der Waals surface area contributed by atoms with E-state index in [1.54, 1.807) is 0 Å². The van der Waals surface area contributed by atoms with E-state index in [4.69, 9.17) is 25.6 Å².